The van der Waals surface area contributed by atoms with Crippen LogP contribution in [0.1, 0.15) is 44.1 Å². The number of nitrogens with zero attached hydrogens (tertiary/aromatic N) is 3. The van der Waals surface area contributed by atoms with Crippen LogP contribution in [-0.4, -0.2) is 46.9 Å². The predicted octanol–water partition coefficient (Wildman–Crippen LogP) is 2.39. The van der Waals surface area contributed by atoms with Gasteiger partial charge in [-0.05, 0) is 37.8 Å². The highest BCUT2D eigenvalue weighted by Crippen LogP contribution is 2.33. The highest BCUT2D eigenvalue weighted by atomic mass is 32.2. The van der Waals surface area contributed by atoms with Crippen LogP contribution in [0.2, 0.25) is 0 Å². The number of carbonyl (C=O) groups is 1. The summed E-state index contributed by atoms with van der Waals surface area (Å²) >= 11 is 0. The molecular formula is C17H23N3O3S. The second kappa shape index (κ2) is 5.88. The Bertz CT molecular complexity index is 882. The number of pyridine rings is 1. The van der Waals surface area contributed by atoms with Crippen LogP contribution in [-0.2, 0) is 9.84 Å². The largest absolute Gasteiger partial charge is 0.331 e. The standard InChI is InChI=1S/C17H23N3O3S/c1-11(2)12(3)20(13-8-9-13)16(21)15-14-7-5-6-10-19(14)17(18-15)24(4,22)23/h5-7,10-13H,8-9H2,1-4H3/t12-/m1/s1. The number of amides is 1. The highest BCUT2D eigenvalue weighted by molar-refractivity contribution is 7.90. The zero-order chi connectivity index (χ0) is 17.6. The molecule has 1 aliphatic carbocycles. The zero-order valence-corrected chi connectivity index (χ0v) is 15.2. The number of aromatic nitrogens is 2. The summed E-state index contributed by atoms with van der Waals surface area (Å²) in [5.74, 6) is 0.134. The van der Waals surface area contributed by atoms with Crippen LogP contribution in [0.4, 0.5) is 0 Å². The molecule has 2 heterocycles. The number of rotatable bonds is 5. The van der Waals surface area contributed by atoms with Gasteiger partial charge in [0.2, 0.25) is 15.0 Å². The number of hydrogen-bond donors (Lipinski definition) is 0. The van der Waals surface area contributed by atoms with E-state index in [4.69, 9.17) is 0 Å². The topological polar surface area (TPSA) is 71.8 Å². The van der Waals surface area contributed by atoms with Gasteiger partial charge in [0.05, 0.1) is 5.52 Å². The molecule has 0 spiro atoms. The Morgan fingerprint density at radius 1 is 1.29 bits per heavy atom. The minimum atomic E-state index is -3.53. The van der Waals surface area contributed by atoms with Crippen molar-refractivity contribution in [2.24, 2.45) is 5.92 Å². The van der Waals surface area contributed by atoms with Crippen molar-refractivity contribution in [2.45, 2.75) is 50.9 Å². The van der Waals surface area contributed by atoms with Crippen LogP contribution in [0.3, 0.4) is 0 Å². The molecule has 130 valence electrons. The first kappa shape index (κ1) is 17.0. The van der Waals surface area contributed by atoms with Gasteiger partial charge in [-0.2, -0.15) is 0 Å². The van der Waals surface area contributed by atoms with Gasteiger partial charge in [-0.25, -0.2) is 13.4 Å². The molecule has 1 atom stereocenters. The van der Waals surface area contributed by atoms with E-state index in [1.165, 1.54) is 4.40 Å². The van der Waals surface area contributed by atoms with Gasteiger partial charge < -0.3 is 4.90 Å². The maximum atomic E-state index is 13.2. The normalized spacial score (nSPS) is 16.5. The van der Waals surface area contributed by atoms with E-state index in [0.29, 0.717) is 11.4 Å². The average Bonchev–Trinajstić information content (AvgIpc) is 3.25. The van der Waals surface area contributed by atoms with E-state index in [1.54, 1.807) is 24.4 Å². The van der Waals surface area contributed by atoms with Gasteiger partial charge in [-0.3, -0.25) is 9.20 Å². The van der Waals surface area contributed by atoms with E-state index in [-0.39, 0.29) is 28.8 Å². The van der Waals surface area contributed by atoms with Crippen molar-refractivity contribution in [2.75, 3.05) is 6.26 Å². The molecule has 2 aromatic heterocycles. The summed E-state index contributed by atoms with van der Waals surface area (Å²) in [4.78, 5) is 19.3. The monoisotopic (exact) mass is 349 g/mol. The van der Waals surface area contributed by atoms with E-state index < -0.39 is 9.84 Å². The second-order valence-corrected chi connectivity index (χ2v) is 8.81. The summed E-state index contributed by atoms with van der Waals surface area (Å²) in [5, 5.41) is -0.0885. The van der Waals surface area contributed by atoms with Gasteiger partial charge in [0.1, 0.15) is 0 Å². The van der Waals surface area contributed by atoms with E-state index >= 15 is 0 Å². The summed E-state index contributed by atoms with van der Waals surface area (Å²) < 4.78 is 25.5. The maximum absolute atomic E-state index is 13.2. The SMILES string of the molecule is CC(C)[C@@H](C)N(C(=O)c1nc(S(C)(=O)=O)n2ccccc12)C1CC1. The lowest BCUT2D eigenvalue weighted by atomic mass is 10.0. The van der Waals surface area contributed by atoms with Crippen LogP contribution in [0.5, 0.6) is 0 Å². The Balaban J connectivity index is 2.13. The molecule has 3 rings (SSSR count). The Kier molecular flexibility index (Phi) is 4.15. The van der Waals surface area contributed by atoms with Gasteiger partial charge in [0, 0.05) is 24.5 Å². The van der Waals surface area contributed by atoms with E-state index in [0.717, 1.165) is 19.1 Å². The molecule has 0 unspecified atom stereocenters. The third kappa shape index (κ3) is 2.92. The van der Waals surface area contributed by atoms with Crippen molar-refractivity contribution in [3.8, 4) is 0 Å². The minimum Gasteiger partial charge on any atom is -0.331 e. The van der Waals surface area contributed by atoms with Gasteiger partial charge in [0.15, 0.2) is 5.69 Å². The van der Waals surface area contributed by atoms with Crippen LogP contribution >= 0.6 is 0 Å². The molecular weight excluding hydrogens is 326 g/mol. The second-order valence-electron chi connectivity index (χ2n) is 6.90. The van der Waals surface area contributed by atoms with Crippen molar-refractivity contribution in [1.29, 1.82) is 0 Å². The molecule has 24 heavy (non-hydrogen) atoms. The molecule has 0 aliphatic heterocycles. The summed E-state index contributed by atoms with van der Waals surface area (Å²) in [6, 6.07) is 5.56. The average molecular weight is 349 g/mol. The number of carbonyl (C=O) groups excluding carboxylic acids is 1. The van der Waals surface area contributed by atoms with Crippen molar-refractivity contribution in [3.63, 3.8) is 0 Å². The van der Waals surface area contributed by atoms with E-state index in [1.807, 2.05) is 11.8 Å². The summed E-state index contributed by atoms with van der Waals surface area (Å²) in [6.45, 7) is 6.21. The number of imidazole rings is 1. The van der Waals surface area contributed by atoms with Crippen LogP contribution in [0.15, 0.2) is 29.6 Å². The summed E-state index contributed by atoms with van der Waals surface area (Å²) in [7, 11) is -3.53. The van der Waals surface area contributed by atoms with Crippen molar-refractivity contribution < 1.29 is 13.2 Å². The molecule has 1 aliphatic rings. The van der Waals surface area contributed by atoms with Crippen molar-refractivity contribution in [3.05, 3.63) is 30.1 Å². The quantitative estimate of drug-likeness (QED) is 0.831. The van der Waals surface area contributed by atoms with Crippen molar-refractivity contribution in [1.82, 2.24) is 14.3 Å². The molecule has 1 fully saturated rings. The van der Waals surface area contributed by atoms with Crippen LogP contribution in [0.25, 0.3) is 5.52 Å². The van der Waals surface area contributed by atoms with Crippen molar-refractivity contribution >= 4 is 21.3 Å². The molecule has 1 saturated carbocycles. The molecule has 0 aromatic carbocycles. The van der Waals surface area contributed by atoms with Gasteiger partial charge in [0.25, 0.3) is 5.91 Å². The predicted molar refractivity (Wildman–Crippen MR) is 91.8 cm³/mol. The molecule has 0 saturated heterocycles. The fourth-order valence-corrected chi connectivity index (χ4v) is 3.68. The Hall–Kier alpha value is -1.89. The number of fused-ring (bicyclic) bond motifs is 1. The number of sulfone groups is 1. The van der Waals surface area contributed by atoms with Gasteiger partial charge in [-0.1, -0.05) is 19.9 Å². The van der Waals surface area contributed by atoms with Crippen LogP contribution in [0, 0.1) is 5.92 Å². The molecule has 0 bridgehead atoms. The minimum absolute atomic E-state index is 0.0761. The fraction of sp³-hybridized carbons (Fsp3) is 0.529. The fourth-order valence-electron chi connectivity index (χ4n) is 2.91. The molecule has 7 heteroatoms. The third-order valence-electron chi connectivity index (χ3n) is 4.63. The molecule has 0 radical (unpaired) electrons. The third-order valence-corrected chi connectivity index (χ3v) is 5.58. The first-order chi connectivity index (χ1) is 11.2. The first-order valence-electron chi connectivity index (χ1n) is 8.21. The van der Waals surface area contributed by atoms with Gasteiger partial charge >= 0.3 is 0 Å². The van der Waals surface area contributed by atoms with Gasteiger partial charge in [-0.15, -0.1) is 0 Å². The lowest BCUT2D eigenvalue weighted by Crippen LogP contribution is -2.43. The zero-order valence-electron chi connectivity index (χ0n) is 14.4. The lowest BCUT2D eigenvalue weighted by Gasteiger charge is -2.31. The van der Waals surface area contributed by atoms with E-state index in [2.05, 4.69) is 18.8 Å². The van der Waals surface area contributed by atoms with Crippen LogP contribution < -0.4 is 0 Å². The maximum Gasteiger partial charge on any atom is 0.275 e. The molecule has 0 N–H and O–H groups in total. The Morgan fingerprint density at radius 3 is 2.50 bits per heavy atom. The molecule has 6 nitrogen and oxygen atoms in total. The number of hydrogen-bond acceptors (Lipinski definition) is 4. The molecule has 2 aromatic rings. The first-order valence-corrected chi connectivity index (χ1v) is 10.1. The summed E-state index contributed by atoms with van der Waals surface area (Å²) in [6.07, 6.45) is 4.72. The Morgan fingerprint density at radius 2 is 1.96 bits per heavy atom. The highest BCUT2D eigenvalue weighted by Gasteiger charge is 2.39. The smallest absolute Gasteiger partial charge is 0.275 e. The lowest BCUT2D eigenvalue weighted by molar-refractivity contribution is 0.0624. The molecule has 1 amide bonds. The summed E-state index contributed by atoms with van der Waals surface area (Å²) in [5.41, 5.74) is 0.750. The van der Waals surface area contributed by atoms with E-state index in [9.17, 15) is 13.2 Å². The Labute approximate surface area is 142 Å².